The molecule has 2 amide bonds. The zero-order chi connectivity index (χ0) is 25.8. The Bertz CT molecular complexity index is 1090. The molecule has 0 aromatic heterocycles. The fourth-order valence-electron chi connectivity index (χ4n) is 3.88. The van der Waals surface area contributed by atoms with Gasteiger partial charge in [-0.1, -0.05) is 72.8 Å². The van der Waals surface area contributed by atoms with Crippen molar-refractivity contribution in [2.24, 2.45) is 16.5 Å². The average molecular weight is 488 g/mol. The predicted octanol–water partition coefficient (Wildman–Crippen LogP) is 2.68. The van der Waals surface area contributed by atoms with Gasteiger partial charge in [-0.2, -0.15) is 0 Å². The molecule has 188 valence electrons. The van der Waals surface area contributed by atoms with Crippen LogP contribution in [0.15, 0.2) is 89.9 Å². The lowest BCUT2D eigenvalue weighted by Gasteiger charge is -2.21. The molecule has 8 heteroatoms. The number of ether oxygens (including phenoxy) is 1. The van der Waals surface area contributed by atoms with Crippen LogP contribution in [0.25, 0.3) is 0 Å². The van der Waals surface area contributed by atoms with Crippen LogP contribution in [0.1, 0.15) is 35.4 Å². The molecule has 0 aliphatic heterocycles. The van der Waals surface area contributed by atoms with Crippen LogP contribution >= 0.6 is 0 Å². The molecular formula is C28H33N5O3. The van der Waals surface area contributed by atoms with Gasteiger partial charge in [0.05, 0.1) is 19.1 Å². The highest BCUT2D eigenvalue weighted by molar-refractivity contribution is 6.01. The highest BCUT2D eigenvalue weighted by atomic mass is 16.5. The van der Waals surface area contributed by atoms with Gasteiger partial charge in [0.25, 0.3) is 0 Å². The first-order valence-electron chi connectivity index (χ1n) is 11.8. The number of amides is 2. The molecule has 0 unspecified atom stereocenters. The topological polar surface area (TPSA) is 132 Å². The molecule has 0 spiro atoms. The average Bonchev–Trinajstić information content (AvgIpc) is 2.89. The third-order valence-corrected chi connectivity index (χ3v) is 5.75. The first-order valence-corrected chi connectivity index (χ1v) is 11.8. The van der Waals surface area contributed by atoms with Crippen LogP contribution in [-0.2, 0) is 16.1 Å². The van der Waals surface area contributed by atoms with Crippen molar-refractivity contribution >= 4 is 17.8 Å². The summed E-state index contributed by atoms with van der Waals surface area (Å²) in [6, 6.07) is 25.8. The quantitative estimate of drug-likeness (QED) is 0.176. The van der Waals surface area contributed by atoms with Crippen molar-refractivity contribution in [1.82, 2.24) is 10.6 Å². The molecule has 1 atom stereocenters. The number of methoxy groups -OCH3 is 1. The van der Waals surface area contributed by atoms with Crippen LogP contribution in [0, 0.1) is 0 Å². The second-order valence-electron chi connectivity index (χ2n) is 8.34. The van der Waals surface area contributed by atoms with E-state index >= 15 is 0 Å². The molecule has 3 aromatic carbocycles. The minimum Gasteiger partial charge on any atom is -0.497 e. The lowest BCUT2D eigenvalue weighted by molar-refractivity contribution is -0.132. The molecule has 6 N–H and O–H groups in total. The van der Waals surface area contributed by atoms with Crippen molar-refractivity contribution in [3.63, 3.8) is 0 Å². The Morgan fingerprint density at radius 1 is 0.861 bits per heavy atom. The number of aliphatic imine (C=N–C) groups is 1. The van der Waals surface area contributed by atoms with Crippen LogP contribution < -0.4 is 26.8 Å². The van der Waals surface area contributed by atoms with Gasteiger partial charge in [0.2, 0.25) is 11.8 Å². The minimum atomic E-state index is -0.613. The van der Waals surface area contributed by atoms with Gasteiger partial charge in [0.1, 0.15) is 5.75 Å². The van der Waals surface area contributed by atoms with Crippen molar-refractivity contribution in [3.05, 3.63) is 102 Å². The predicted molar refractivity (Wildman–Crippen MR) is 141 cm³/mol. The van der Waals surface area contributed by atoms with Gasteiger partial charge in [0, 0.05) is 13.1 Å². The van der Waals surface area contributed by atoms with E-state index in [0.29, 0.717) is 25.9 Å². The Hall–Kier alpha value is -4.17. The smallest absolute Gasteiger partial charge is 0.243 e. The molecule has 8 nitrogen and oxygen atoms in total. The summed E-state index contributed by atoms with van der Waals surface area (Å²) in [7, 11) is 1.61. The Kier molecular flexibility index (Phi) is 10.0. The third kappa shape index (κ3) is 7.95. The molecular weight excluding hydrogens is 454 g/mol. The summed E-state index contributed by atoms with van der Waals surface area (Å²) in [6.07, 6.45) is 1.02. The molecule has 0 aliphatic rings. The van der Waals surface area contributed by atoms with Crippen molar-refractivity contribution in [2.75, 3.05) is 13.7 Å². The van der Waals surface area contributed by atoms with E-state index in [4.69, 9.17) is 16.2 Å². The Labute approximate surface area is 211 Å². The number of benzene rings is 3. The standard InChI is InChI=1S/C28H33N5O3/c1-36-23-16-14-20(15-17-23)19-32-24(13-8-18-31-28(29)30)26(34)33-27(35)25(21-9-4-2-5-10-21)22-11-6-3-7-12-22/h2-7,9-12,14-17,24-25,32H,8,13,18-19H2,1H3,(H4,29,30,31)(H,33,34,35)/t24-/m0/s1. The molecule has 0 aliphatic carbocycles. The SMILES string of the molecule is COc1ccc(CN[C@@H](CCCN=C(N)N)C(=O)NC(=O)C(c2ccccc2)c2ccccc2)cc1. The maximum Gasteiger partial charge on any atom is 0.243 e. The van der Waals surface area contributed by atoms with E-state index in [1.54, 1.807) is 7.11 Å². The van der Waals surface area contributed by atoms with E-state index in [9.17, 15) is 9.59 Å². The van der Waals surface area contributed by atoms with Crippen LogP contribution in [0.4, 0.5) is 0 Å². The molecule has 3 rings (SSSR count). The van der Waals surface area contributed by atoms with Crippen molar-refractivity contribution < 1.29 is 14.3 Å². The fraction of sp³-hybridized carbons (Fsp3) is 0.250. The van der Waals surface area contributed by atoms with Gasteiger partial charge >= 0.3 is 0 Å². The molecule has 0 bridgehead atoms. The summed E-state index contributed by atoms with van der Waals surface area (Å²) in [5.74, 6) is -0.622. The Balaban J connectivity index is 1.74. The lowest BCUT2D eigenvalue weighted by atomic mass is 9.90. The first kappa shape index (κ1) is 26.4. The lowest BCUT2D eigenvalue weighted by Crippen LogP contribution is -2.47. The fourth-order valence-corrected chi connectivity index (χ4v) is 3.88. The van der Waals surface area contributed by atoms with E-state index < -0.39 is 17.9 Å². The maximum atomic E-state index is 13.4. The highest BCUT2D eigenvalue weighted by Crippen LogP contribution is 2.24. The molecule has 36 heavy (non-hydrogen) atoms. The summed E-state index contributed by atoms with van der Waals surface area (Å²) >= 11 is 0. The molecule has 0 fully saturated rings. The Morgan fingerprint density at radius 3 is 1.97 bits per heavy atom. The normalized spacial score (nSPS) is 11.5. The van der Waals surface area contributed by atoms with Crippen molar-refractivity contribution in [2.45, 2.75) is 31.3 Å². The Morgan fingerprint density at radius 2 is 1.44 bits per heavy atom. The summed E-state index contributed by atoms with van der Waals surface area (Å²) in [4.78, 5) is 30.7. The number of guanidine groups is 1. The van der Waals surface area contributed by atoms with E-state index in [2.05, 4.69) is 15.6 Å². The number of nitrogens with one attached hydrogen (secondary N) is 2. The molecule has 0 heterocycles. The summed E-state index contributed by atoms with van der Waals surface area (Å²) in [5.41, 5.74) is 13.4. The number of carbonyl (C=O) groups excluding carboxylic acids is 2. The molecule has 3 aromatic rings. The van der Waals surface area contributed by atoms with Crippen molar-refractivity contribution in [3.8, 4) is 5.75 Å². The number of hydrogen-bond donors (Lipinski definition) is 4. The van der Waals surface area contributed by atoms with Gasteiger partial charge in [-0.15, -0.1) is 0 Å². The van der Waals surface area contributed by atoms with E-state index in [1.807, 2.05) is 84.9 Å². The summed E-state index contributed by atoms with van der Waals surface area (Å²) < 4.78 is 5.20. The number of hydrogen-bond acceptors (Lipinski definition) is 5. The molecule has 0 saturated heterocycles. The van der Waals surface area contributed by atoms with Gasteiger partial charge < -0.3 is 21.5 Å². The number of imide groups is 1. The summed E-state index contributed by atoms with van der Waals surface area (Å²) in [5, 5.41) is 5.90. The van der Waals surface area contributed by atoms with E-state index in [-0.39, 0.29) is 11.9 Å². The zero-order valence-electron chi connectivity index (χ0n) is 20.4. The largest absolute Gasteiger partial charge is 0.497 e. The third-order valence-electron chi connectivity index (χ3n) is 5.75. The van der Waals surface area contributed by atoms with E-state index in [0.717, 1.165) is 22.4 Å². The maximum absolute atomic E-state index is 13.4. The minimum absolute atomic E-state index is 0.00550. The second-order valence-corrected chi connectivity index (χ2v) is 8.34. The number of nitrogens with two attached hydrogens (primary N) is 2. The van der Waals surface area contributed by atoms with Crippen LogP contribution in [0.3, 0.4) is 0 Å². The van der Waals surface area contributed by atoms with Crippen LogP contribution in [-0.4, -0.2) is 37.5 Å². The second kappa shape index (κ2) is 13.7. The van der Waals surface area contributed by atoms with Crippen molar-refractivity contribution in [1.29, 1.82) is 0 Å². The number of nitrogens with zero attached hydrogens (tertiary/aromatic N) is 1. The summed E-state index contributed by atoms with van der Waals surface area (Å²) in [6.45, 7) is 0.834. The number of carbonyl (C=O) groups is 2. The van der Waals surface area contributed by atoms with Crippen LogP contribution in [0.2, 0.25) is 0 Å². The van der Waals surface area contributed by atoms with Gasteiger partial charge in [-0.3, -0.25) is 19.9 Å². The molecule has 0 radical (unpaired) electrons. The molecule has 0 saturated carbocycles. The highest BCUT2D eigenvalue weighted by Gasteiger charge is 2.27. The monoisotopic (exact) mass is 487 g/mol. The number of rotatable bonds is 12. The van der Waals surface area contributed by atoms with Gasteiger partial charge in [0.15, 0.2) is 5.96 Å². The van der Waals surface area contributed by atoms with E-state index in [1.165, 1.54) is 0 Å². The van der Waals surface area contributed by atoms with Gasteiger partial charge in [-0.05, 0) is 41.7 Å². The zero-order valence-corrected chi connectivity index (χ0v) is 20.4. The van der Waals surface area contributed by atoms with Gasteiger partial charge in [-0.25, -0.2) is 0 Å². The van der Waals surface area contributed by atoms with Crippen LogP contribution in [0.5, 0.6) is 5.75 Å². The first-order chi connectivity index (χ1) is 17.5.